The van der Waals surface area contributed by atoms with Crippen molar-refractivity contribution in [2.24, 2.45) is 5.41 Å². The van der Waals surface area contributed by atoms with Crippen LogP contribution in [-0.2, 0) is 6.42 Å². The Balaban J connectivity index is 2.13. The first-order valence-corrected chi connectivity index (χ1v) is 5.60. The van der Waals surface area contributed by atoms with Gasteiger partial charge in [-0.25, -0.2) is 0 Å². The molecule has 14 heavy (non-hydrogen) atoms. The minimum absolute atomic E-state index is 0.0733. The van der Waals surface area contributed by atoms with E-state index in [1.165, 1.54) is 5.56 Å². The first kappa shape index (κ1) is 10.1. The Bertz CT molecular complexity index is 317. The number of benzene rings is 1. The van der Waals surface area contributed by atoms with E-state index < -0.39 is 0 Å². The lowest BCUT2D eigenvalue weighted by Gasteiger charge is -2.41. The van der Waals surface area contributed by atoms with Crippen LogP contribution >= 0.6 is 15.9 Å². The van der Waals surface area contributed by atoms with Crippen molar-refractivity contribution in [3.8, 4) is 0 Å². The van der Waals surface area contributed by atoms with Crippen LogP contribution in [0.5, 0.6) is 0 Å². The van der Waals surface area contributed by atoms with Gasteiger partial charge in [0.2, 0.25) is 0 Å². The van der Waals surface area contributed by atoms with Crippen molar-refractivity contribution < 1.29 is 5.11 Å². The Kier molecular flexibility index (Phi) is 2.91. The summed E-state index contributed by atoms with van der Waals surface area (Å²) in [6, 6.07) is 8.21. The number of aliphatic hydroxyl groups excluding tert-OH is 1. The summed E-state index contributed by atoms with van der Waals surface area (Å²) in [6.07, 6.45) is 0.942. The normalized spacial score (nSPS) is 19.0. The van der Waals surface area contributed by atoms with Gasteiger partial charge in [-0.05, 0) is 18.1 Å². The first-order valence-electron chi connectivity index (χ1n) is 4.81. The molecule has 0 atom stereocenters. The maximum atomic E-state index is 9.33. The molecule has 3 heteroatoms. The first-order chi connectivity index (χ1) is 6.76. The van der Waals surface area contributed by atoms with Gasteiger partial charge in [-0.15, -0.1) is 0 Å². The second-order valence-corrected chi connectivity index (χ2v) is 4.88. The molecule has 1 heterocycles. The zero-order valence-electron chi connectivity index (χ0n) is 7.96. The maximum Gasteiger partial charge on any atom is 0.0515 e. The molecule has 1 saturated heterocycles. The average Bonchev–Trinajstić information content (AvgIpc) is 2.14. The molecular weight excluding hydrogens is 242 g/mol. The number of nitrogens with one attached hydrogen (secondary N) is 1. The van der Waals surface area contributed by atoms with Crippen LogP contribution in [0.2, 0.25) is 0 Å². The van der Waals surface area contributed by atoms with Crippen molar-refractivity contribution in [2.45, 2.75) is 6.42 Å². The van der Waals surface area contributed by atoms with E-state index in [2.05, 4.69) is 27.3 Å². The molecule has 1 aromatic rings. The van der Waals surface area contributed by atoms with Crippen LogP contribution in [-0.4, -0.2) is 24.8 Å². The van der Waals surface area contributed by atoms with Gasteiger partial charge in [0, 0.05) is 23.0 Å². The van der Waals surface area contributed by atoms with Crippen molar-refractivity contribution in [3.63, 3.8) is 0 Å². The predicted molar refractivity (Wildman–Crippen MR) is 60.2 cm³/mol. The van der Waals surface area contributed by atoms with E-state index in [0.717, 1.165) is 24.0 Å². The molecular formula is C11H14BrNO. The molecule has 0 saturated carbocycles. The van der Waals surface area contributed by atoms with Gasteiger partial charge in [0.15, 0.2) is 0 Å². The van der Waals surface area contributed by atoms with Crippen molar-refractivity contribution in [2.75, 3.05) is 19.7 Å². The Morgan fingerprint density at radius 2 is 2.07 bits per heavy atom. The Morgan fingerprint density at radius 3 is 2.57 bits per heavy atom. The smallest absolute Gasteiger partial charge is 0.0515 e. The highest BCUT2D eigenvalue weighted by Gasteiger charge is 2.36. The van der Waals surface area contributed by atoms with Gasteiger partial charge < -0.3 is 10.4 Å². The molecule has 1 fully saturated rings. The fourth-order valence-electron chi connectivity index (χ4n) is 1.82. The van der Waals surface area contributed by atoms with Gasteiger partial charge in [-0.1, -0.05) is 34.1 Å². The molecule has 1 aromatic carbocycles. The third-order valence-corrected chi connectivity index (χ3v) is 3.63. The topological polar surface area (TPSA) is 32.3 Å². The van der Waals surface area contributed by atoms with E-state index in [4.69, 9.17) is 0 Å². The molecule has 0 aromatic heterocycles. The number of hydrogen-bond acceptors (Lipinski definition) is 2. The highest BCUT2D eigenvalue weighted by Crippen LogP contribution is 2.30. The van der Waals surface area contributed by atoms with Crippen molar-refractivity contribution >= 4 is 15.9 Å². The van der Waals surface area contributed by atoms with E-state index >= 15 is 0 Å². The van der Waals surface area contributed by atoms with Gasteiger partial charge in [-0.3, -0.25) is 0 Å². The summed E-state index contributed by atoms with van der Waals surface area (Å²) in [4.78, 5) is 0. The summed E-state index contributed by atoms with van der Waals surface area (Å²) in [5.74, 6) is 0. The minimum atomic E-state index is 0.0733. The SMILES string of the molecule is OCC1(Cc2ccccc2Br)CNC1. The van der Waals surface area contributed by atoms with Crippen LogP contribution in [0.3, 0.4) is 0 Å². The standard InChI is InChI=1S/C11H14BrNO/c12-10-4-2-1-3-9(10)5-11(8-14)6-13-7-11/h1-4,13-14H,5-8H2. The fourth-order valence-corrected chi connectivity index (χ4v) is 2.24. The molecule has 76 valence electrons. The monoisotopic (exact) mass is 255 g/mol. The van der Waals surface area contributed by atoms with Gasteiger partial charge in [0.05, 0.1) is 6.61 Å². The number of aliphatic hydroxyl groups is 1. The van der Waals surface area contributed by atoms with Gasteiger partial charge in [0.1, 0.15) is 0 Å². The molecule has 1 aliphatic heterocycles. The molecule has 1 aliphatic rings. The predicted octanol–water partition coefficient (Wildman–Crippen LogP) is 1.57. The molecule has 0 aliphatic carbocycles. The fraction of sp³-hybridized carbons (Fsp3) is 0.455. The molecule has 2 N–H and O–H groups in total. The van der Waals surface area contributed by atoms with E-state index in [-0.39, 0.29) is 12.0 Å². The van der Waals surface area contributed by atoms with E-state index in [1.807, 2.05) is 18.2 Å². The van der Waals surface area contributed by atoms with Crippen molar-refractivity contribution in [1.29, 1.82) is 0 Å². The summed E-state index contributed by atoms with van der Waals surface area (Å²) in [7, 11) is 0. The molecule has 0 spiro atoms. The summed E-state index contributed by atoms with van der Waals surface area (Å²) < 4.78 is 1.14. The molecule has 2 rings (SSSR count). The average molecular weight is 256 g/mol. The maximum absolute atomic E-state index is 9.33. The van der Waals surface area contributed by atoms with Crippen LogP contribution in [0, 0.1) is 5.41 Å². The summed E-state index contributed by atoms with van der Waals surface area (Å²) in [5, 5.41) is 12.6. The summed E-state index contributed by atoms with van der Waals surface area (Å²) in [5.41, 5.74) is 1.35. The largest absolute Gasteiger partial charge is 0.396 e. The van der Waals surface area contributed by atoms with Crippen LogP contribution in [0.25, 0.3) is 0 Å². The zero-order valence-corrected chi connectivity index (χ0v) is 9.55. The molecule has 0 unspecified atom stereocenters. The Labute approximate surface area is 92.5 Å². The van der Waals surface area contributed by atoms with Crippen molar-refractivity contribution in [1.82, 2.24) is 5.32 Å². The number of halogens is 1. The third kappa shape index (κ3) is 1.85. The van der Waals surface area contributed by atoms with E-state index in [9.17, 15) is 5.11 Å². The lowest BCUT2D eigenvalue weighted by molar-refractivity contribution is 0.0686. The summed E-state index contributed by atoms with van der Waals surface area (Å²) >= 11 is 3.53. The third-order valence-electron chi connectivity index (χ3n) is 2.86. The van der Waals surface area contributed by atoms with Crippen LogP contribution < -0.4 is 5.32 Å². The Morgan fingerprint density at radius 1 is 1.36 bits per heavy atom. The highest BCUT2D eigenvalue weighted by atomic mass is 79.9. The molecule has 2 nitrogen and oxygen atoms in total. The second-order valence-electron chi connectivity index (χ2n) is 4.03. The van der Waals surface area contributed by atoms with E-state index in [0.29, 0.717) is 0 Å². The van der Waals surface area contributed by atoms with Gasteiger partial charge in [0.25, 0.3) is 0 Å². The molecule has 0 radical (unpaired) electrons. The molecule has 0 amide bonds. The molecule has 0 bridgehead atoms. The number of rotatable bonds is 3. The van der Waals surface area contributed by atoms with Crippen LogP contribution in [0.15, 0.2) is 28.7 Å². The quantitative estimate of drug-likeness (QED) is 0.860. The van der Waals surface area contributed by atoms with E-state index in [1.54, 1.807) is 0 Å². The second kappa shape index (κ2) is 4.01. The Hall–Kier alpha value is -0.380. The lowest BCUT2D eigenvalue weighted by atomic mass is 9.77. The summed E-state index contributed by atoms with van der Waals surface area (Å²) in [6.45, 7) is 2.11. The van der Waals surface area contributed by atoms with Gasteiger partial charge >= 0.3 is 0 Å². The lowest BCUT2D eigenvalue weighted by Crippen LogP contribution is -2.56. The van der Waals surface area contributed by atoms with Crippen molar-refractivity contribution in [3.05, 3.63) is 34.3 Å². The minimum Gasteiger partial charge on any atom is -0.396 e. The van der Waals surface area contributed by atoms with Crippen LogP contribution in [0.1, 0.15) is 5.56 Å². The number of hydrogen-bond donors (Lipinski definition) is 2. The highest BCUT2D eigenvalue weighted by molar-refractivity contribution is 9.10. The zero-order chi connectivity index (χ0) is 10.0. The van der Waals surface area contributed by atoms with Gasteiger partial charge in [-0.2, -0.15) is 0 Å². The van der Waals surface area contributed by atoms with Crippen LogP contribution in [0.4, 0.5) is 0 Å².